The molecule has 1 aromatic carbocycles. The van der Waals surface area contributed by atoms with Gasteiger partial charge in [0.1, 0.15) is 5.75 Å². The molecule has 5 heteroatoms. The zero-order valence-corrected chi connectivity index (χ0v) is 14.0. The van der Waals surface area contributed by atoms with Gasteiger partial charge in [0.05, 0.1) is 12.5 Å². The maximum Gasteiger partial charge on any atom is 0.124 e. The van der Waals surface area contributed by atoms with Crippen LogP contribution in [0, 0.1) is 0 Å². The number of thiophene rings is 2. The van der Waals surface area contributed by atoms with Crippen molar-refractivity contribution in [3.05, 3.63) is 50.6 Å². The van der Waals surface area contributed by atoms with Gasteiger partial charge in [-0.2, -0.15) is 0 Å². The first-order valence-corrected chi connectivity index (χ1v) is 8.56. The van der Waals surface area contributed by atoms with Crippen molar-refractivity contribution < 1.29 is 4.74 Å². The van der Waals surface area contributed by atoms with Gasteiger partial charge in [0.15, 0.2) is 0 Å². The van der Waals surface area contributed by atoms with Gasteiger partial charge in [-0.15, -0.1) is 34.3 Å². The third-order valence-corrected chi connectivity index (χ3v) is 6.12. The largest absolute Gasteiger partial charge is 0.496 e. The topological polar surface area (TPSA) is 9.23 Å². The van der Waals surface area contributed by atoms with E-state index in [-0.39, 0.29) is 5.38 Å². The Morgan fingerprint density at radius 1 is 1.21 bits per heavy atom. The minimum atomic E-state index is -0.183. The normalized spacial score (nSPS) is 12.8. The first kappa shape index (κ1) is 13.4. The molecule has 0 bridgehead atoms. The fraction of sp³-hybridized carbons (Fsp3) is 0.143. The minimum Gasteiger partial charge on any atom is -0.496 e. The lowest BCUT2D eigenvalue weighted by Crippen LogP contribution is -1.95. The highest BCUT2D eigenvalue weighted by Gasteiger charge is 2.18. The summed E-state index contributed by atoms with van der Waals surface area (Å²) in [5, 5.41) is 1.92. The third-order valence-electron chi connectivity index (χ3n) is 2.87. The first-order chi connectivity index (χ1) is 9.19. The second kappa shape index (κ2) is 5.44. The summed E-state index contributed by atoms with van der Waals surface area (Å²) in [5.41, 5.74) is 0.993. The number of hydrogen-bond acceptors (Lipinski definition) is 3. The number of ether oxygens (including phenoxy) is 1. The van der Waals surface area contributed by atoms with E-state index in [0.29, 0.717) is 0 Å². The van der Waals surface area contributed by atoms with Crippen molar-refractivity contribution in [2.45, 2.75) is 5.38 Å². The summed E-state index contributed by atoms with van der Waals surface area (Å²) < 4.78 is 8.99. The van der Waals surface area contributed by atoms with Crippen LogP contribution in [0.2, 0.25) is 0 Å². The maximum absolute atomic E-state index is 6.63. The lowest BCUT2D eigenvalue weighted by molar-refractivity contribution is 0.410. The molecule has 2 heterocycles. The van der Waals surface area contributed by atoms with E-state index in [1.165, 1.54) is 9.40 Å². The second-order valence-electron chi connectivity index (χ2n) is 4.05. The standard InChI is InChI=1S/C14H10BrClOS2/c1-17-10-3-2-8(15)6-9(10)14(16)13-7-12-11(19-13)4-5-18-12/h2-7,14H,1H3. The molecule has 1 unspecified atom stereocenters. The second-order valence-corrected chi connectivity index (χ2v) is 7.46. The monoisotopic (exact) mass is 372 g/mol. The van der Waals surface area contributed by atoms with Gasteiger partial charge >= 0.3 is 0 Å². The first-order valence-electron chi connectivity index (χ1n) is 5.63. The van der Waals surface area contributed by atoms with Gasteiger partial charge in [0, 0.05) is 24.3 Å². The molecule has 0 saturated carbocycles. The SMILES string of the molecule is COc1ccc(Br)cc1C(Cl)c1cc2sccc2s1. The van der Waals surface area contributed by atoms with E-state index in [2.05, 4.69) is 33.4 Å². The molecule has 3 aromatic rings. The number of methoxy groups -OCH3 is 1. The van der Waals surface area contributed by atoms with Gasteiger partial charge < -0.3 is 4.74 Å². The number of fused-ring (bicyclic) bond motifs is 1. The number of alkyl halides is 1. The van der Waals surface area contributed by atoms with Crippen molar-refractivity contribution >= 4 is 59.6 Å². The quantitative estimate of drug-likeness (QED) is 0.507. The summed E-state index contributed by atoms with van der Waals surface area (Å²) in [7, 11) is 1.67. The van der Waals surface area contributed by atoms with Gasteiger partial charge in [-0.3, -0.25) is 0 Å². The van der Waals surface area contributed by atoms with Crippen LogP contribution < -0.4 is 4.74 Å². The zero-order valence-electron chi connectivity index (χ0n) is 10.0. The van der Waals surface area contributed by atoms with Gasteiger partial charge in [0.2, 0.25) is 0 Å². The third kappa shape index (κ3) is 2.55. The fourth-order valence-corrected chi connectivity index (χ4v) is 4.83. The molecule has 0 aliphatic heterocycles. The van der Waals surface area contributed by atoms with E-state index in [1.54, 1.807) is 29.8 Å². The highest BCUT2D eigenvalue weighted by molar-refractivity contribution is 9.10. The van der Waals surface area contributed by atoms with E-state index >= 15 is 0 Å². The van der Waals surface area contributed by atoms with Crippen molar-refractivity contribution in [1.82, 2.24) is 0 Å². The Balaban J connectivity index is 2.05. The Hall–Kier alpha value is -0.550. The Kier molecular flexibility index (Phi) is 3.85. The van der Waals surface area contributed by atoms with Crippen LogP contribution in [0.1, 0.15) is 15.8 Å². The Labute approximate surface area is 132 Å². The Morgan fingerprint density at radius 2 is 2.05 bits per heavy atom. The van der Waals surface area contributed by atoms with Crippen molar-refractivity contribution in [2.75, 3.05) is 7.11 Å². The molecule has 1 atom stereocenters. The predicted molar refractivity (Wildman–Crippen MR) is 88.1 cm³/mol. The average Bonchev–Trinajstić information content (AvgIpc) is 2.98. The molecule has 2 aromatic heterocycles. The molecule has 0 aliphatic rings. The number of halogens is 2. The van der Waals surface area contributed by atoms with Crippen LogP contribution in [0.15, 0.2) is 40.2 Å². The summed E-state index contributed by atoms with van der Waals surface area (Å²) in [6, 6.07) is 10.2. The van der Waals surface area contributed by atoms with Crippen LogP contribution in [0.5, 0.6) is 5.75 Å². The van der Waals surface area contributed by atoms with Crippen LogP contribution in [0.4, 0.5) is 0 Å². The van der Waals surface area contributed by atoms with E-state index in [1.807, 2.05) is 18.2 Å². The highest BCUT2D eigenvalue weighted by atomic mass is 79.9. The molecule has 0 fully saturated rings. The molecule has 0 aliphatic carbocycles. The molecule has 0 spiro atoms. The molecular formula is C14H10BrClOS2. The van der Waals surface area contributed by atoms with Gasteiger partial charge in [-0.25, -0.2) is 0 Å². The predicted octanol–water partition coefficient (Wildman–Crippen LogP) is 6.06. The van der Waals surface area contributed by atoms with E-state index in [9.17, 15) is 0 Å². The summed E-state index contributed by atoms with van der Waals surface area (Å²) >= 11 is 13.6. The summed E-state index contributed by atoms with van der Waals surface area (Å²) in [6.45, 7) is 0. The van der Waals surface area contributed by atoms with E-state index in [0.717, 1.165) is 20.7 Å². The molecule has 1 nitrogen and oxygen atoms in total. The van der Waals surface area contributed by atoms with Gasteiger partial charge in [0.25, 0.3) is 0 Å². The molecule has 0 radical (unpaired) electrons. The number of benzene rings is 1. The summed E-state index contributed by atoms with van der Waals surface area (Å²) in [6.07, 6.45) is 0. The molecule has 0 N–H and O–H groups in total. The molecule has 0 amide bonds. The average molecular weight is 374 g/mol. The summed E-state index contributed by atoms with van der Waals surface area (Å²) in [4.78, 5) is 1.15. The van der Waals surface area contributed by atoms with Crippen LogP contribution in [0.25, 0.3) is 9.40 Å². The van der Waals surface area contributed by atoms with Gasteiger partial charge in [-0.1, -0.05) is 15.9 Å². The lowest BCUT2D eigenvalue weighted by atomic mass is 10.1. The van der Waals surface area contributed by atoms with Crippen LogP contribution in [0.3, 0.4) is 0 Å². The molecule has 19 heavy (non-hydrogen) atoms. The Bertz CT molecular complexity index is 691. The molecular weight excluding hydrogens is 364 g/mol. The fourth-order valence-electron chi connectivity index (χ4n) is 1.97. The van der Waals surface area contributed by atoms with Crippen molar-refractivity contribution in [3.8, 4) is 5.75 Å². The van der Waals surface area contributed by atoms with Crippen LogP contribution >= 0.6 is 50.2 Å². The van der Waals surface area contributed by atoms with E-state index in [4.69, 9.17) is 16.3 Å². The number of rotatable bonds is 3. The summed E-state index contributed by atoms with van der Waals surface area (Å²) in [5.74, 6) is 0.819. The smallest absolute Gasteiger partial charge is 0.124 e. The molecule has 3 rings (SSSR count). The lowest BCUT2D eigenvalue weighted by Gasteiger charge is -2.13. The molecule has 98 valence electrons. The van der Waals surface area contributed by atoms with Crippen molar-refractivity contribution in [2.24, 2.45) is 0 Å². The van der Waals surface area contributed by atoms with Crippen LogP contribution in [-0.2, 0) is 0 Å². The van der Waals surface area contributed by atoms with Crippen molar-refractivity contribution in [1.29, 1.82) is 0 Å². The Morgan fingerprint density at radius 3 is 2.79 bits per heavy atom. The number of hydrogen-bond donors (Lipinski definition) is 0. The van der Waals surface area contributed by atoms with Crippen LogP contribution in [-0.4, -0.2) is 7.11 Å². The van der Waals surface area contributed by atoms with E-state index < -0.39 is 0 Å². The zero-order chi connectivity index (χ0) is 13.4. The highest BCUT2D eigenvalue weighted by Crippen LogP contribution is 2.42. The minimum absolute atomic E-state index is 0.183. The maximum atomic E-state index is 6.63. The van der Waals surface area contributed by atoms with Gasteiger partial charge in [-0.05, 0) is 35.7 Å². The molecule has 0 saturated heterocycles. The van der Waals surface area contributed by atoms with Crippen molar-refractivity contribution in [3.63, 3.8) is 0 Å².